The highest BCUT2D eigenvalue weighted by Crippen LogP contribution is 2.25. The number of rotatable bonds is 3. The number of nitrogens with one attached hydrogen (secondary N) is 1. The molecule has 1 N–H and O–H groups in total. The van der Waals surface area contributed by atoms with Gasteiger partial charge in [0, 0.05) is 24.3 Å². The molecule has 3 aromatic rings. The summed E-state index contributed by atoms with van der Waals surface area (Å²) in [6.45, 7) is 3.26. The van der Waals surface area contributed by atoms with Crippen molar-refractivity contribution in [3.63, 3.8) is 0 Å². The first-order valence-corrected chi connectivity index (χ1v) is 9.81. The maximum Gasteiger partial charge on any atom is 0.264 e. The van der Waals surface area contributed by atoms with E-state index in [-0.39, 0.29) is 11.8 Å². The number of thiophene rings is 1. The lowest BCUT2D eigenvalue weighted by atomic mass is 9.98. The van der Waals surface area contributed by atoms with Crippen molar-refractivity contribution < 1.29 is 9.59 Å². The van der Waals surface area contributed by atoms with Crippen molar-refractivity contribution in [2.24, 2.45) is 0 Å². The Labute approximate surface area is 162 Å². The van der Waals surface area contributed by atoms with Gasteiger partial charge in [0.1, 0.15) is 0 Å². The molecule has 27 heavy (non-hydrogen) atoms. The number of aryl methyl sites for hydroxylation is 1. The van der Waals surface area contributed by atoms with E-state index in [2.05, 4.69) is 5.32 Å². The van der Waals surface area contributed by atoms with Crippen molar-refractivity contribution in [2.75, 3.05) is 11.9 Å². The summed E-state index contributed by atoms with van der Waals surface area (Å²) < 4.78 is 0. The lowest BCUT2D eigenvalue weighted by Crippen LogP contribution is -2.35. The van der Waals surface area contributed by atoms with E-state index in [1.54, 1.807) is 0 Å². The highest BCUT2D eigenvalue weighted by molar-refractivity contribution is 7.12. The number of benzene rings is 2. The van der Waals surface area contributed by atoms with Crippen LogP contribution in [0.25, 0.3) is 0 Å². The number of fused-ring (bicyclic) bond motifs is 1. The molecule has 0 unspecified atom stereocenters. The van der Waals surface area contributed by atoms with Crippen LogP contribution in [0.2, 0.25) is 0 Å². The fraction of sp³-hybridized carbons (Fsp3) is 0.182. The minimum atomic E-state index is -0.124. The molecule has 0 fully saturated rings. The van der Waals surface area contributed by atoms with E-state index in [4.69, 9.17) is 0 Å². The molecular formula is C22H20N2O2S. The zero-order valence-corrected chi connectivity index (χ0v) is 15.9. The van der Waals surface area contributed by atoms with Gasteiger partial charge in [-0.1, -0.05) is 29.8 Å². The molecule has 1 aromatic heterocycles. The van der Waals surface area contributed by atoms with Crippen molar-refractivity contribution in [2.45, 2.75) is 19.9 Å². The molecule has 1 aliphatic rings. The van der Waals surface area contributed by atoms with Gasteiger partial charge in [0.15, 0.2) is 0 Å². The van der Waals surface area contributed by atoms with E-state index in [0.717, 1.165) is 34.7 Å². The number of carbonyl (C=O) groups is 2. The first kappa shape index (κ1) is 17.5. The third-order valence-electron chi connectivity index (χ3n) is 4.78. The Bertz CT molecular complexity index is 995. The largest absolute Gasteiger partial charge is 0.333 e. The van der Waals surface area contributed by atoms with Gasteiger partial charge < -0.3 is 10.2 Å². The minimum Gasteiger partial charge on any atom is -0.333 e. The Balaban J connectivity index is 1.51. The number of hydrogen-bond donors (Lipinski definition) is 1. The molecule has 0 radical (unpaired) electrons. The predicted molar refractivity (Wildman–Crippen MR) is 108 cm³/mol. The van der Waals surface area contributed by atoms with Crippen LogP contribution in [0.4, 0.5) is 5.69 Å². The lowest BCUT2D eigenvalue weighted by Gasteiger charge is -2.29. The molecule has 2 aromatic carbocycles. The van der Waals surface area contributed by atoms with Gasteiger partial charge >= 0.3 is 0 Å². The fourth-order valence-corrected chi connectivity index (χ4v) is 4.04. The summed E-state index contributed by atoms with van der Waals surface area (Å²) in [6, 6.07) is 17.3. The maximum absolute atomic E-state index is 12.6. The van der Waals surface area contributed by atoms with Gasteiger partial charge in [-0.05, 0) is 60.2 Å². The van der Waals surface area contributed by atoms with Crippen LogP contribution in [-0.4, -0.2) is 23.3 Å². The number of nitrogens with zero attached hydrogens (tertiary/aromatic N) is 1. The highest BCUT2D eigenvalue weighted by atomic mass is 32.1. The molecule has 2 heterocycles. The van der Waals surface area contributed by atoms with Gasteiger partial charge in [-0.2, -0.15) is 0 Å². The van der Waals surface area contributed by atoms with E-state index in [1.165, 1.54) is 16.9 Å². The first-order chi connectivity index (χ1) is 13.1. The van der Waals surface area contributed by atoms with Crippen LogP contribution in [0.5, 0.6) is 0 Å². The fourth-order valence-electron chi connectivity index (χ4n) is 3.35. The Hall–Kier alpha value is -2.92. The highest BCUT2D eigenvalue weighted by Gasteiger charge is 2.22. The molecule has 5 heteroatoms. The van der Waals surface area contributed by atoms with E-state index in [1.807, 2.05) is 71.8 Å². The van der Waals surface area contributed by atoms with Gasteiger partial charge in [-0.25, -0.2) is 0 Å². The zero-order valence-electron chi connectivity index (χ0n) is 15.1. The molecule has 0 spiro atoms. The number of amides is 2. The van der Waals surface area contributed by atoms with Crippen LogP contribution in [0.15, 0.2) is 60.0 Å². The summed E-state index contributed by atoms with van der Waals surface area (Å²) in [6.07, 6.45) is 0.832. The molecule has 4 nitrogen and oxygen atoms in total. The van der Waals surface area contributed by atoms with Crippen LogP contribution in [0.1, 0.15) is 36.7 Å². The van der Waals surface area contributed by atoms with Gasteiger partial charge in [0.25, 0.3) is 11.8 Å². The standard InChI is InChI=1S/C22H20N2O2S/c1-15-4-2-5-17(12-15)21(25)23-19-8-7-16-9-10-24(14-18(16)13-19)22(26)20-6-3-11-27-20/h2-8,11-13H,9-10,14H2,1H3,(H,23,25). The average molecular weight is 376 g/mol. The van der Waals surface area contributed by atoms with Gasteiger partial charge in [0.05, 0.1) is 4.88 Å². The Kier molecular flexibility index (Phi) is 4.77. The van der Waals surface area contributed by atoms with Gasteiger partial charge in [-0.3, -0.25) is 9.59 Å². The van der Waals surface area contributed by atoms with Crippen molar-refractivity contribution >= 4 is 28.8 Å². The molecule has 0 saturated heterocycles. The van der Waals surface area contributed by atoms with Crippen LogP contribution in [0, 0.1) is 6.92 Å². The van der Waals surface area contributed by atoms with E-state index in [9.17, 15) is 9.59 Å². The van der Waals surface area contributed by atoms with Crippen LogP contribution >= 0.6 is 11.3 Å². The molecule has 0 bridgehead atoms. The number of anilines is 1. The Morgan fingerprint density at radius 2 is 1.93 bits per heavy atom. The number of hydrogen-bond acceptors (Lipinski definition) is 3. The monoisotopic (exact) mass is 376 g/mol. The molecule has 136 valence electrons. The first-order valence-electron chi connectivity index (χ1n) is 8.93. The van der Waals surface area contributed by atoms with Crippen molar-refractivity contribution in [1.82, 2.24) is 4.90 Å². The third-order valence-corrected chi connectivity index (χ3v) is 5.63. The Morgan fingerprint density at radius 3 is 2.70 bits per heavy atom. The van der Waals surface area contributed by atoms with Crippen molar-refractivity contribution in [1.29, 1.82) is 0 Å². The van der Waals surface area contributed by atoms with Crippen LogP contribution in [-0.2, 0) is 13.0 Å². The topological polar surface area (TPSA) is 49.4 Å². The van der Waals surface area contributed by atoms with E-state index in [0.29, 0.717) is 12.1 Å². The molecule has 4 rings (SSSR count). The molecule has 1 aliphatic heterocycles. The normalized spacial score (nSPS) is 13.1. The second-order valence-electron chi connectivity index (χ2n) is 6.76. The van der Waals surface area contributed by atoms with Crippen molar-refractivity contribution in [3.05, 3.63) is 87.1 Å². The quantitative estimate of drug-likeness (QED) is 0.731. The summed E-state index contributed by atoms with van der Waals surface area (Å²) in [5.41, 5.74) is 4.77. The summed E-state index contributed by atoms with van der Waals surface area (Å²) in [4.78, 5) is 27.7. The second kappa shape index (κ2) is 7.37. The molecule has 0 saturated carbocycles. The van der Waals surface area contributed by atoms with Gasteiger partial charge in [-0.15, -0.1) is 11.3 Å². The van der Waals surface area contributed by atoms with E-state index >= 15 is 0 Å². The molecular weight excluding hydrogens is 356 g/mol. The van der Waals surface area contributed by atoms with Crippen LogP contribution in [0.3, 0.4) is 0 Å². The smallest absolute Gasteiger partial charge is 0.264 e. The lowest BCUT2D eigenvalue weighted by molar-refractivity contribution is 0.0739. The van der Waals surface area contributed by atoms with E-state index < -0.39 is 0 Å². The van der Waals surface area contributed by atoms with Crippen LogP contribution < -0.4 is 5.32 Å². The predicted octanol–water partition coefficient (Wildman–Crippen LogP) is 4.51. The Morgan fingerprint density at radius 1 is 1.04 bits per heavy atom. The SMILES string of the molecule is Cc1cccc(C(=O)Nc2ccc3c(c2)CN(C(=O)c2cccs2)CC3)c1. The maximum atomic E-state index is 12.6. The summed E-state index contributed by atoms with van der Waals surface area (Å²) in [5, 5.41) is 4.89. The van der Waals surface area contributed by atoms with Gasteiger partial charge in [0.2, 0.25) is 0 Å². The second-order valence-corrected chi connectivity index (χ2v) is 7.71. The molecule has 0 atom stereocenters. The summed E-state index contributed by atoms with van der Waals surface area (Å²) >= 11 is 1.47. The number of carbonyl (C=O) groups excluding carboxylic acids is 2. The third kappa shape index (κ3) is 3.78. The molecule has 2 amide bonds. The molecule has 0 aliphatic carbocycles. The average Bonchev–Trinajstić information content (AvgIpc) is 3.21. The minimum absolute atomic E-state index is 0.0739. The summed E-state index contributed by atoms with van der Waals surface area (Å²) in [5.74, 6) is -0.0502. The zero-order chi connectivity index (χ0) is 18.8. The summed E-state index contributed by atoms with van der Waals surface area (Å²) in [7, 11) is 0. The van der Waals surface area contributed by atoms with Crippen molar-refractivity contribution in [3.8, 4) is 0 Å².